The van der Waals surface area contributed by atoms with Crippen molar-refractivity contribution in [2.45, 2.75) is 64.2 Å². The number of benzene rings is 1. The Morgan fingerprint density at radius 3 is 2.50 bits per heavy atom. The highest BCUT2D eigenvalue weighted by Crippen LogP contribution is 2.58. The largest absolute Gasteiger partial charge is 0.406 e. The summed E-state index contributed by atoms with van der Waals surface area (Å²) < 4.78 is 56.9. The second-order valence-corrected chi connectivity index (χ2v) is 11.9. The molecule has 2 saturated carbocycles. The number of aromatic nitrogens is 4. The predicted octanol–water partition coefficient (Wildman–Crippen LogP) is 4.54. The van der Waals surface area contributed by atoms with Crippen molar-refractivity contribution in [2.24, 2.45) is 18.4 Å². The number of pyridine rings is 1. The molecule has 0 aliphatic heterocycles. The van der Waals surface area contributed by atoms with E-state index in [1.165, 1.54) is 18.2 Å². The summed E-state index contributed by atoms with van der Waals surface area (Å²) in [6.07, 6.45) is 1.64. The fraction of sp³-hybridized carbons (Fsp3) is 0.500. The molecule has 2 heterocycles. The van der Waals surface area contributed by atoms with Crippen LogP contribution in [0.3, 0.4) is 0 Å². The molecule has 2 N–H and O–H groups in total. The second-order valence-electron chi connectivity index (χ2n) is 11.9. The first-order valence-electron chi connectivity index (χ1n) is 13.2. The van der Waals surface area contributed by atoms with Crippen LogP contribution < -0.4 is 16.2 Å². The van der Waals surface area contributed by atoms with E-state index in [1.807, 2.05) is 11.6 Å². The Kier molecular flexibility index (Phi) is 7.10. The molecule has 1 aromatic carbocycles. The molecule has 0 unspecified atom stereocenters. The molecule has 5 rings (SSSR count). The Bertz CT molecular complexity index is 1480. The van der Waals surface area contributed by atoms with Crippen molar-refractivity contribution >= 4 is 11.6 Å². The van der Waals surface area contributed by atoms with Crippen molar-refractivity contribution in [3.05, 3.63) is 75.5 Å². The van der Waals surface area contributed by atoms with E-state index in [4.69, 9.17) is 0 Å². The van der Waals surface area contributed by atoms with E-state index in [0.717, 1.165) is 19.0 Å². The summed E-state index contributed by atoms with van der Waals surface area (Å²) in [4.78, 5) is 26.2. The Labute approximate surface area is 228 Å². The molecule has 12 heteroatoms. The molecule has 3 aromatic rings. The summed E-state index contributed by atoms with van der Waals surface area (Å²) in [5.74, 6) is -0.480. The van der Waals surface area contributed by atoms with Crippen molar-refractivity contribution in [1.29, 1.82) is 0 Å². The summed E-state index contributed by atoms with van der Waals surface area (Å²) >= 11 is 0. The molecule has 214 valence electrons. The average Bonchev–Trinajstić information content (AvgIpc) is 3.57. The zero-order valence-electron chi connectivity index (χ0n) is 22.6. The third-order valence-corrected chi connectivity index (χ3v) is 7.66. The second kappa shape index (κ2) is 10.1. The highest BCUT2D eigenvalue weighted by atomic mass is 19.4. The van der Waals surface area contributed by atoms with Crippen LogP contribution in [-0.4, -0.2) is 38.0 Å². The van der Waals surface area contributed by atoms with Crippen molar-refractivity contribution < 1.29 is 22.4 Å². The Hall–Kier alpha value is -3.54. The minimum absolute atomic E-state index is 0.00129. The molecule has 8 nitrogen and oxygen atoms in total. The van der Waals surface area contributed by atoms with Crippen LogP contribution in [-0.2, 0) is 25.6 Å². The highest BCUT2D eigenvalue weighted by molar-refractivity contribution is 6.04. The average molecular weight is 561 g/mol. The number of nitrogens with zero attached hydrogens (tertiary/aromatic N) is 4. The van der Waals surface area contributed by atoms with Crippen LogP contribution in [0.4, 0.5) is 23.2 Å². The van der Waals surface area contributed by atoms with Gasteiger partial charge in [-0.05, 0) is 72.9 Å². The molecular weight excluding hydrogens is 528 g/mol. The lowest BCUT2D eigenvalue weighted by Gasteiger charge is -2.52. The van der Waals surface area contributed by atoms with Gasteiger partial charge in [-0.3, -0.25) is 9.59 Å². The van der Waals surface area contributed by atoms with Gasteiger partial charge in [-0.25, -0.2) is 4.39 Å². The lowest BCUT2D eigenvalue weighted by molar-refractivity contribution is -0.141. The van der Waals surface area contributed by atoms with Crippen molar-refractivity contribution in [3.8, 4) is 0 Å². The number of amides is 1. The Morgan fingerprint density at radius 2 is 1.90 bits per heavy atom. The number of anilines is 1. The lowest BCUT2D eigenvalue weighted by Crippen LogP contribution is -2.49. The van der Waals surface area contributed by atoms with Gasteiger partial charge in [0.2, 0.25) is 0 Å². The summed E-state index contributed by atoms with van der Waals surface area (Å²) in [6, 6.07) is 5.64. The highest BCUT2D eigenvalue weighted by Gasteiger charge is 2.54. The third kappa shape index (κ3) is 5.81. The minimum Gasteiger partial charge on any atom is -0.320 e. The van der Waals surface area contributed by atoms with Gasteiger partial charge in [0.25, 0.3) is 11.5 Å². The number of alkyl halides is 3. The zero-order chi connectivity index (χ0) is 28.9. The molecule has 2 aliphatic rings. The predicted molar refractivity (Wildman–Crippen MR) is 140 cm³/mol. The maximum atomic E-state index is 15.0. The van der Waals surface area contributed by atoms with Gasteiger partial charge in [-0.15, -0.1) is 10.2 Å². The van der Waals surface area contributed by atoms with E-state index in [9.17, 15) is 27.2 Å². The molecular formula is C28H32F4N6O2. The number of halogens is 4. The molecule has 0 spiro atoms. The zero-order valence-corrected chi connectivity index (χ0v) is 22.6. The Morgan fingerprint density at radius 1 is 1.18 bits per heavy atom. The first-order valence-corrected chi connectivity index (χ1v) is 13.2. The van der Waals surface area contributed by atoms with E-state index in [2.05, 4.69) is 34.7 Å². The first kappa shape index (κ1) is 28.0. The summed E-state index contributed by atoms with van der Waals surface area (Å²) in [7, 11) is 1.83. The van der Waals surface area contributed by atoms with Crippen LogP contribution >= 0.6 is 0 Å². The molecule has 1 amide bonds. The van der Waals surface area contributed by atoms with Gasteiger partial charge in [-0.1, -0.05) is 19.9 Å². The summed E-state index contributed by atoms with van der Waals surface area (Å²) in [6.45, 7) is 3.58. The van der Waals surface area contributed by atoms with Gasteiger partial charge in [0, 0.05) is 19.8 Å². The van der Waals surface area contributed by atoms with Crippen molar-refractivity contribution in [2.75, 3.05) is 11.9 Å². The molecule has 40 heavy (non-hydrogen) atoms. The molecule has 0 radical (unpaired) electrons. The van der Waals surface area contributed by atoms with Crippen LogP contribution in [0.5, 0.6) is 0 Å². The number of hydrogen-bond donors (Lipinski definition) is 2. The summed E-state index contributed by atoms with van der Waals surface area (Å²) in [5, 5.41) is 13.9. The SMILES string of the molecule is Cn1cnnc1C1(c2ccc(F)c(NC(=O)c3cc(CNCC4CC4)cn(CC(F)(F)F)c3=O)c2)CC(C)(C)C1. The number of aryl methyl sites for hydroxylation is 1. The van der Waals surface area contributed by atoms with E-state index in [-0.39, 0.29) is 17.6 Å². The van der Waals surface area contributed by atoms with Crippen LogP contribution in [0.15, 0.2) is 41.6 Å². The van der Waals surface area contributed by atoms with E-state index in [0.29, 0.717) is 46.8 Å². The summed E-state index contributed by atoms with van der Waals surface area (Å²) in [5.41, 5.74) is -1.27. The number of hydrogen-bond acceptors (Lipinski definition) is 5. The first-order chi connectivity index (χ1) is 18.8. The third-order valence-electron chi connectivity index (χ3n) is 7.66. The van der Waals surface area contributed by atoms with Crippen LogP contribution in [0.25, 0.3) is 0 Å². The van der Waals surface area contributed by atoms with Gasteiger partial charge in [0.1, 0.15) is 30.1 Å². The van der Waals surface area contributed by atoms with Gasteiger partial charge in [0.15, 0.2) is 0 Å². The Balaban J connectivity index is 1.46. The monoisotopic (exact) mass is 560 g/mol. The van der Waals surface area contributed by atoms with Gasteiger partial charge in [0.05, 0.1) is 11.1 Å². The number of carbonyl (C=O) groups is 1. The number of carbonyl (C=O) groups excluding carboxylic acids is 1. The number of nitrogens with one attached hydrogen (secondary N) is 2. The molecule has 0 bridgehead atoms. The van der Waals surface area contributed by atoms with Gasteiger partial charge >= 0.3 is 6.18 Å². The van der Waals surface area contributed by atoms with Gasteiger partial charge < -0.3 is 19.8 Å². The smallest absolute Gasteiger partial charge is 0.320 e. The van der Waals surface area contributed by atoms with Crippen molar-refractivity contribution in [1.82, 2.24) is 24.6 Å². The maximum absolute atomic E-state index is 15.0. The molecule has 0 saturated heterocycles. The number of rotatable bonds is 9. The van der Waals surface area contributed by atoms with Crippen molar-refractivity contribution in [3.63, 3.8) is 0 Å². The van der Waals surface area contributed by atoms with E-state index in [1.54, 1.807) is 12.4 Å². The fourth-order valence-corrected chi connectivity index (χ4v) is 5.91. The van der Waals surface area contributed by atoms with Gasteiger partial charge in [-0.2, -0.15) is 13.2 Å². The standard InChI is InChI=1S/C28H32F4N6O2/c1-26(2)13-27(14-26,25-36-34-16-37(25)3)19-6-7-21(29)22(9-19)35-23(39)20-8-18(11-33-10-17-4-5-17)12-38(24(20)40)15-28(30,31)32/h6-9,12,16-17,33H,4-5,10-11,13-15H2,1-3H3,(H,35,39). The van der Waals surface area contributed by atoms with Crippen LogP contribution in [0.2, 0.25) is 0 Å². The van der Waals surface area contributed by atoms with E-state index >= 15 is 0 Å². The van der Waals surface area contributed by atoms with Crippen LogP contribution in [0.1, 0.15) is 66.8 Å². The lowest BCUT2D eigenvalue weighted by atomic mass is 9.51. The van der Waals surface area contributed by atoms with E-state index < -0.39 is 41.0 Å². The molecule has 2 aliphatic carbocycles. The topological polar surface area (TPSA) is 93.8 Å². The maximum Gasteiger partial charge on any atom is 0.406 e. The quantitative estimate of drug-likeness (QED) is 0.375. The van der Waals surface area contributed by atoms with Crippen LogP contribution in [0, 0.1) is 17.2 Å². The molecule has 2 fully saturated rings. The fourth-order valence-electron chi connectivity index (χ4n) is 5.91. The molecule has 2 aromatic heterocycles. The molecule has 0 atom stereocenters. The normalized spacial score (nSPS) is 17.9. The minimum atomic E-state index is -4.66.